The SMILES string of the molecule is CCNC(=NCCCOCC1CCCO1)NCCc1cccc2cccnc12.I. The lowest BCUT2D eigenvalue weighted by Gasteiger charge is -2.12. The number of hydrogen-bond donors (Lipinski definition) is 2. The third-order valence-electron chi connectivity index (χ3n) is 4.79. The Bertz CT molecular complexity index is 745. The summed E-state index contributed by atoms with van der Waals surface area (Å²) in [5.41, 5.74) is 2.33. The van der Waals surface area contributed by atoms with Crippen molar-refractivity contribution in [3.63, 3.8) is 0 Å². The van der Waals surface area contributed by atoms with Crippen LogP contribution in [0.15, 0.2) is 41.5 Å². The Balaban J connectivity index is 0.00000300. The van der Waals surface area contributed by atoms with Gasteiger partial charge in [-0.3, -0.25) is 9.98 Å². The highest BCUT2D eigenvalue weighted by Gasteiger charge is 2.14. The van der Waals surface area contributed by atoms with Gasteiger partial charge in [0.2, 0.25) is 0 Å². The lowest BCUT2D eigenvalue weighted by atomic mass is 10.1. The fourth-order valence-electron chi connectivity index (χ4n) is 3.37. The van der Waals surface area contributed by atoms with E-state index in [4.69, 9.17) is 9.47 Å². The Hall–Kier alpha value is -1.45. The molecule has 0 bridgehead atoms. The van der Waals surface area contributed by atoms with E-state index in [0.29, 0.717) is 12.7 Å². The zero-order valence-corrected chi connectivity index (χ0v) is 19.6. The number of pyridine rings is 1. The van der Waals surface area contributed by atoms with E-state index in [9.17, 15) is 0 Å². The zero-order chi connectivity index (χ0) is 19.4. The summed E-state index contributed by atoms with van der Waals surface area (Å²) in [5, 5.41) is 7.91. The number of benzene rings is 1. The van der Waals surface area contributed by atoms with Gasteiger partial charge in [0, 0.05) is 44.4 Å². The Morgan fingerprint density at radius 1 is 1.28 bits per heavy atom. The summed E-state index contributed by atoms with van der Waals surface area (Å²) in [6, 6.07) is 10.4. The molecular weight excluding hydrogens is 479 g/mol. The predicted molar refractivity (Wildman–Crippen MR) is 129 cm³/mol. The van der Waals surface area contributed by atoms with E-state index in [1.807, 2.05) is 12.3 Å². The van der Waals surface area contributed by atoms with Crippen LogP contribution in [-0.4, -0.2) is 56.5 Å². The second kappa shape index (κ2) is 13.7. The molecule has 1 aliphatic rings. The first-order chi connectivity index (χ1) is 13.9. The third kappa shape index (κ3) is 8.06. The van der Waals surface area contributed by atoms with Gasteiger partial charge < -0.3 is 20.1 Å². The maximum Gasteiger partial charge on any atom is 0.191 e. The molecule has 1 unspecified atom stereocenters. The molecule has 0 amide bonds. The van der Waals surface area contributed by atoms with Gasteiger partial charge in [-0.2, -0.15) is 0 Å². The Kier molecular flexibility index (Phi) is 11.3. The Morgan fingerprint density at radius 2 is 2.17 bits per heavy atom. The molecule has 2 heterocycles. The first kappa shape index (κ1) is 23.8. The van der Waals surface area contributed by atoms with Gasteiger partial charge in [0.05, 0.1) is 18.2 Å². The highest BCUT2D eigenvalue weighted by atomic mass is 127. The monoisotopic (exact) mass is 512 g/mol. The van der Waals surface area contributed by atoms with Gasteiger partial charge >= 0.3 is 0 Å². The number of fused-ring (bicyclic) bond motifs is 1. The average Bonchev–Trinajstić information content (AvgIpc) is 3.24. The van der Waals surface area contributed by atoms with Crippen LogP contribution < -0.4 is 10.6 Å². The van der Waals surface area contributed by atoms with E-state index < -0.39 is 0 Å². The number of halogens is 1. The maximum atomic E-state index is 5.70. The number of nitrogens with one attached hydrogen (secondary N) is 2. The normalized spacial score (nSPS) is 16.6. The third-order valence-corrected chi connectivity index (χ3v) is 4.79. The Morgan fingerprint density at radius 3 is 3.00 bits per heavy atom. The number of aliphatic imine (C=N–C) groups is 1. The van der Waals surface area contributed by atoms with Crippen molar-refractivity contribution in [1.29, 1.82) is 0 Å². The molecule has 160 valence electrons. The number of ether oxygens (including phenoxy) is 2. The van der Waals surface area contributed by atoms with Crippen molar-refractivity contribution in [2.45, 2.75) is 38.7 Å². The first-order valence-corrected chi connectivity index (χ1v) is 10.4. The zero-order valence-electron chi connectivity index (χ0n) is 17.2. The number of hydrogen-bond acceptors (Lipinski definition) is 4. The molecule has 6 nitrogen and oxygen atoms in total. The topological polar surface area (TPSA) is 67.8 Å². The number of nitrogens with zero attached hydrogens (tertiary/aromatic N) is 2. The summed E-state index contributed by atoms with van der Waals surface area (Å²) >= 11 is 0. The van der Waals surface area contributed by atoms with Crippen LogP contribution in [0.1, 0.15) is 31.7 Å². The summed E-state index contributed by atoms with van der Waals surface area (Å²) in [7, 11) is 0. The standard InChI is InChI=1S/C22H32N4O2.HI/c1-2-23-22(25-13-6-15-27-17-20-10-5-16-28-20)26-14-11-19-8-3-7-18-9-4-12-24-21(18)19;/h3-4,7-9,12,20H,2,5-6,10-11,13-17H2,1H3,(H2,23,25,26);1H. The molecule has 0 saturated carbocycles. The minimum absolute atomic E-state index is 0. The van der Waals surface area contributed by atoms with Crippen LogP contribution in [0.4, 0.5) is 0 Å². The lowest BCUT2D eigenvalue weighted by molar-refractivity contribution is 0.0171. The molecule has 1 fully saturated rings. The van der Waals surface area contributed by atoms with Crippen LogP contribution in [0.2, 0.25) is 0 Å². The maximum absolute atomic E-state index is 5.70. The Labute approximate surface area is 190 Å². The van der Waals surface area contributed by atoms with Crippen molar-refractivity contribution in [1.82, 2.24) is 15.6 Å². The van der Waals surface area contributed by atoms with E-state index in [-0.39, 0.29) is 24.0 Å². The molecule has 2 aromatic rings. The molecule has 1 aliphatic heterocycles. The van der Waals surface area contributed by atoms with Gasteiger partial charge in [-0.15, -0.1) is 24.0 Å². The summed E-state index contributed by atoms with van der Waals surface area (Å²) in [6.45, 7) is 6.80. The van der Waals surface area contributed by atoms with Gasteiger partial charge in [-0.25, -0.2) is 0 Å². The van der Waals surface area contributed by atoms with E-state index in [2.05, 4.69) is 51.8 Å². The molecule has 3 rings (SSSR count). The van der Waals surface area contributed by atoms with Crippen LogP contribution in [0.3, 0.4) is 0 Å². The van der Waals surface area contributed by atoms with Crippen molar-refractivity contribution < 1.29 is 9.47 Å². The van der Waals surface area contributed by atoms with E-state index in [1.54, 1.807) is 0 Å². The summed E-state index contributed by atoms with van der Waals surface area (Å²) in [4.78, 5) is 9.17. The fraction of sp³-hybridized carbons (Fsp3) is 0.545. The summed E-state index contributed by atoms with van der Waals surface area (Å²) < 4.78 is 11.3. The second-order valence-corrected chi connectivity index (χ2v) is 6.99. The molecule has 1 atom stereocenters. The molecule has 1 aromatic carbocycles. The van der Waals surface area contributed by atoms with Crippen LogP contribution in [0.5, 0.6) is 0 Å². The highest BCUT2D eigenvalue weighted by Crippen LogP contribution is 2.16. The van der Waals surface area contributed by atoms with Crippen molar-refractivity contribution in [2.75, 3.05) is 39.5 Å². The highest BCUT2D eigenvalue weighted by molar-refractivity contribution is 14.0. The average molecular weight is 512 g/mol. The van der Waals surface area contributed by atoms with Crippen molar-refractivity contribution in [2.24, 2.45) is 4.99 Å². The van der Waals surface area contributed by atoms with Crippen molar-refractivity contribution >= 4 is 40.8 Å². The molecule has 0 spiro atoms. The number of para-hydroxylation sites is 1. The minimum atomic E-state index is 0. The lowest BCUT2D eigenvalue weighted by Crippen LogP contribution is -2.38. The molecule has 7 heteroatoms. The molecule has 1 aromatic heterocycles. The van der Waals surface area contributed by atoms with E-state index >= 15 is 0 Å². The van der Waals surface area contributed by atoms with Crippen molar-refractivity contribution in [3.05, 3.63) is 42.1 Å². The molecule has 0 radical (unpaired) electrons. The molecule has 29 heavy (non-hydrogen) atoms. The molecular formula is C22H33IN4O2. The summed E-state index contributed by atoms with van der Waals surface area (Å²) in [6.07, 6.45) is 6.25. The molecule has 1 saturated heterocycles. The number of guanidine groups is 1. The van der Waals surface area contributed by atoms with Gasteiger partial charge in [0.25, 0.3) is 0 Å². The molecule has 2 N–H and O–H groups in total. The number of aromatic nitrogens is 1. The number of rotatable bonds is 10. The molecule has 0 aliphatic carbocycles. The minimum Gasteiger partial charge on any atom is -0.379 e. The van der Waals surface area contributed by atoms with Crippen LogP contribution in [-0.2, 0) is 15.9 Å². The van der Waals surface area contributed by atoms with E-state index in [1.165, 1.54) is 10.9 Å². The van der Waals surface area contributed by atoms with Crippen molar-refractivity contribution in [3.8, 4) is 0 Å². The van der Waals surface area contributed by atoms with Gasteiger partial charge in [0.15, 0.2) is 5.96 Å². The van der Waals surface area contributed by atoms with Gasteiger partial charge in [-0.05, 0) is 44.2 Å². The van der Waals surface area contributed by atoms with Crippen LogP contribution >= 0.6 is 24.0 Å². The smallest absolute Gasteiger partial charge is 0.191 e. The summed E-state index contributed by atoms with van der Waals surface area (Å²) in [5.74, 6) is 0.856. The second-order valence-electron chi connectivity index (χ2n) is 6.99. The predicted octanol–water partition coefficient (Wildman–Crippen LogP) is 3.54. The van der Waals surface area contributed by atoms with E-state index in [0.717, 1.165) is 70.0 Å². The first-order valence-electron chi connectivity index (χ1n) is 10.4. The van der Waals surface area contributed by atoms with Gasteiger partial charge in [-0.1, -0.05) is 24.3 Å². The fourth-order valence-corrected chi connectivity index (χ4v) is 3.37. The van der Waals surface area contributed by atoms with Gasteiger partial charge in [0.1, 0.15) is 0 Å². The largest absolute Gasteiger partial charge is 0.379 e. The van der Waals surface area contributed by atoms with Crippen LogP contribution in [0.25, 0.3) is 10.9 Å². The quantitative estimate of drug-likeness (QED) is 0.221. The van der Waals surface area contributed by atoms with Crippen LogP contribution in [0, 0.1) is 0 Å².